The predicted octanol–water partition coefficient (Wildman–Crippen LogP) is 4.29. The molecule has 0 N–H and O–H groups in total. The summed E-state index contributed by atoms with van der Waals surface area (Å²) in [6, 6.07) is 13.7. The molecule has 3 aromatic heterocycles. The van der Waals surface area contributed by atoms with Crippen molar-refractivity contribution in [2.24, 2.45) is 0 Å². The molecule has 0 saturated carbocycles. The van der Waals surface area contributed by atoms with E-state index in [2.05, 4.69) is 9.97 Å². The fourth-order valence-corrected chi connectivity index (χ4v) is 3.59. The molecule has 0 aliphatic rings. The van der Waals surface area contributed by atoms with Gasteiger partial charge in [0.2, 0.25) is 0 Å². The van der Waals surface area contributed by atoms with E-state index >= 15 is 0 Å². The van der Waals surface area contributed by atoms with Crippen molar-refractivity contribution < 1.29 is 4.79 Å². The van der Waals surface area contributed by atoms with Gasteiger partial charge >= 0.3 is 0 Å². The molecule has 4 aromatic rings. The standard InChI is InChI=1S/C20H18N4OS/c1-14(18-10-21-13-26-18)23(2)20(25)16-8-9-19-22-17(12-24(19)11-16)15-6-4-3-5-7-15/h3-14H,1-2H3. The molecule has 0 bridgehead atoms. The van der Waals surface area contributed by atoms with Crippen LogP contribution in [0.1, 0.15) is 28.2 Å². The van der Waals surface area contributed by atoms with Crippen molar-refractivity contribution in [1.82, 2.24) is 19.3 Å². The van der Waals surface area contributed by atoms with Crippen molar-refractivity contribution in [3.05, 3.63) is 77.0 Å². The van der Waals surface area contributed by atoms with Gasteiger partial charge in [-0.05, 0) is 19.1 Å². The second-order valence-corrected chi connectivity index (χ2v) is 7.09. The first-order valence-electron chi connectivity index (χ1n) is 8.33. The lowest BCUT2D eigenvalue weighted by Gasteiger charge is -2.23. The number of carbonyl (C=O) groups excluding carboxylic acids is 1. The van der Waals surface area contributed by atoms with E-state index in [1.165, 1.54) is 0 Å². The molecule has 0 saturated heterocycles. The first-order valence-corrected chi connectivity index (χ1v) is 9.21. The Bertz CT molecular complexity index is 1040. The highest BCUT2D eigenvalue weighted by Crippen LogP contribution is 2.24. The van der Waals surface area contributed by atoms with E-state index in [-0.39, 0.29) is 11.9 Å². The normalized spacial score (nSPS) is 12.2. The van der Waals surface area contributed by atoms with Crippen molar-refractivity contribution in [3.8, 4) is 11.3 Å². The predicted molar refractivity (Wildman–Crippen MR) is 103 cm³/mol. The van der Waals surface area contributed by atoms with E-state index in [1.54, 1.807) is 21.7 Å². The molecule has 0 aliphatic heterocycles. The van der Waals surface area contributed by atoms with Gasteiger partial charge in [0.15, 0.2) is 0 Å². The van der Waals surface area contributed by atoms with Crippen LogP contribution in [0.25, 0.3) is 16.9 Å². The van der Waals surface area contributed by atoms with Gasteiger partial charge in [-0.2, -0.15) is 0 Å². The summed E-state index contributed by atoms with van der Waals surface area (Å²) in [4.78, 5) is 24.4. The number of hydrogen-bond acceptors (Lipinski definition) is 4. The van der Waals surface area contributed by atoms with Gasteiger partial charge in [0.25, 0.3) is 5.91 Å². The third kappa shape index (κ3) is 2.99. The van der Waals surface area contributed by atoms with Gasteiger partial charge in [-0.15, -0.1) is 11.3 Å². The first-order chi connectivity index (χ1) is 12.6. The summed E-state index contributed by atoms with van der Waals surface area (Å²) in [5.41, 5.74) is 5.18. The van der Waals surface area contributed by atoms with E-state index in [9.17, 15) is 4.79 Å². The summed E-state index contributed by atoms with van der Waals surface area (Å²) in [6.45, 7) is 2.01. The number of benzene rings is 1. The molecule has 130 valence electrons. The van der Waals surface area contributed by atoms with Gasteiger partial charge in [-0.1, -0.05) is 30.3 Å². The van der Waals surface area contributed by atoms with Crippen LogP contribution in [0.15, 0.2) is 66.6 Å². The van der Waals surface area contributed by atoms with Gasteiger partial charge in [0.05, 0.1) is 22.8 Å². The van der Waals surface area contributed by atoms with E-state index in [1.807, 2.05) is 79.4 Å². The first kappa shape index (κ1) is 16.5. The summed E-state index contributed by atoms with van der Waals surface area (Å²) >= 11 is 1.56. The second kappa shape index (κ2) is 6.72. The molecule has 4 rings (SSSR count). The average molecular weight is 362 g/mol. The smallest absolute Gasteiger partial charge is 0.255 e. The van der Waals surface area contributed by atoms with E-state index in [0.717, 1.165) is 21.8 Å². The molecule has 26 heavy (non-hydrogen) atoms. The molecule has 6 heteroatoms. The molecule has 5 nitrogen and oxygen atoms in total. The van der Waals surface area contributed by atoms with Crippen molar-refractivity contribution in [3.63, 3.8) is 0 Å². The van der Waals surface area contributed by atoms with Gasteiger partial charge in [-0.3, -0.25) is 9.78 Å². The van der Waals surface area contributed by atoms with Crippen LogP contribution in [-0.2, 0) is 0 Å². The third-order valence-corrected chi connectivity index (χ3v) is 5.48. The minimum Gasteiger partial charge on any atom is -0.334 e. The highest BCUT2D eigenvalue weighted by Gasteiger charge is 2.20. The Kier molecular flexibility index (Phi) is 4.26. The van der Waals surface area contributed by atoms with Crippen molar-refractivity contribution >= 4 is 22.9 Å². The number of rotatable bonds is 4. The van der Waals surface area contributed by atoms with Gasteiger partial charge in [-0.25, -0.2) is 4.98 Å². The number of hydrogen-bond donors (Lipinski definition) is 0. The molecule has 1 amide bonds. The lowest BCUT2D eigenvalue weighted by molar-refractivity contribution is 0.0744. The number of imidazole rings is 1. The minimum absolute atomic E-state index is 0.0200. The summed E-state index contributed by atoms with van der Waals surface area (Å²) in [5, 5.41) is 0. The van der Waals surface area contributed by atoms with Gasteiger partial charge < -0.3 is 9.30 Å². The Labute approximate surface area is 155 Å². The van der Waals surface area contributed by atoms with Gasteiger partial charge in [0.1, 0.15) is 5.65 Å². The van der Waals surface area contributed by atoms with Crippen LogP contribution in [0.5, 0.6) is 0 Å². The lowest BCUT2D eigenvalue weighted by atomic mass is 10.2. The topological polar surface area (TPSA) is 50.5 Å². The van der Waals surface area contributed by atoms with Crippen LogP contribution in [-0.4, -0.2) is 32.2 Å². The summed E-state index contributed by atoms with van der Waals surface area (Å²) in [7, 11) is 1.82. The number of carbonyl (C=O) groups is 1. The fourth-order valence-electron chi connectivity index (χ4n) is 2.87. The lowest BCUT2D eigenvalue weighted by Crippen LogP contribution is -2.29. The van der Waals surface area contributed by atoms with Crippen LogP contribution >= 0.6 is 11.3 Å². The molecular formula is C20H18N4OS. The Balaban J connectivity index is 1.63. The molecular weight excluding hydrogens is 344 g/mol. The van der Waals surface area contributed by atoms with Crippen LogP contribution in [0.2, 0.25) is 0 Å². The Morgan fingerprint density at radius 3 is 2.69 bits per heavy atom. The maximum atomic E-state index is 12.9. The summed E-state index contributed by atoms with van der Waals surface area (Å²) in [5.74, 6) is -0.0252. The highest BCUT2D eigenvalue weighted by molar-refractivity contribution is 7.09. The molecule has 1 unspecified atom stereocenters. The largest absolute Gasteiger partial charge is 0.334 e. The quantitative estimate of drug-likeness (QED) is 0.544. The molecule has 1 aromatic carbocycles. The summed E-state index contributed by atoms with van der Waals surface area (Å²) < 4.78 is 1.90. The molecule has 1 atom stereocenters. The maximum absolute atomic E-state index is 12.9. The zero-order chi connectivity index (χ0) is 18.1. The SMILES string of the molecule is CC(c1cncs1)N(C)C(=O)c1ccc2nc(-c3ccccc3)cn2c1. The van der Waals surface area contributed by atoms with Crippen LogP contribution < -0.4 is 0 Å². The Hall–Kier alpha value is -2.99. The number of aromatic nitrogens is 3. The van der Waals surface area contributed by atoms with Crippen molar-refractivity contribution in [2.45, 2.75) is 13.0 Å². The fraction of sp³-hybridized carbons (Fsp3) is 0.150. The second-order valence-electron chi connectivity index (χ2n) is 6.17. The zero-order valence-corrected chi connectivity index (χ0v) is 15.4. The Morgan fingerprint density at radius 1 is 1.15 bits per heavy atom. The molecule has 0 spiro atoms. The van der Waals surface area contributed by atoms with Crippen molar-refractivity contribution in [1.29, 1.82) is 0 Å². The number of pyridine rings is 1. The van der Waals surface area contributed by atoms with E-state index < -0.39 is 0 Å². The highest BCUT2D eigenvalue weighted by atomic mass is 32.1. The van der Waals surface area contributed by atoms with Crippen LogP contribution in [0.3, 0.4) is 0 Å². The molecule has 3 heterocycles. The van der Waals surface area contributed by atoms with E-state index in [0.29, 0.717) is 5.56 Å². The molecule has 0 aliphatic carbocycles. The maximum Gasteiger partial charge on any atom is 0.255 e. The molecule has 0 radical (unpaired) electrons. The monoisotopic (exact) mass is 362 g/mol. The number of fused-ring (bicyclic) bond motifs is 1. The average Bonchev–Trinajstić information content (AvgIpc) is 3.36. The molecule has 0 fully saturated rings. The van der Waals surface area contributed by atoms with E-state index in [4.69, 9.17) is 0 Å². The van der Waals surface area contributed by atoms with Crippen LogP contribution in [0, 0.1) is 0 Å². The number of thiazole rings is 1. The van der Waals surface area contributed by atoms with Crippen molar-refractivity contribution in [2.75, 3.05) is 7.05 Å². The Morgan fingerprint density at radius 2 is 1.96 bits per heavy atom. The van der Waals surface area contributed by atoms with Gasteiger partial charge in [0, 0.05) is 36.1 Å². The summed E-state index contributed by atoms with van der Waals surface area (Å²) in [6.07, 6.45) is 5.60. The zero-order valence-electron chi connectivity index (χ0n) is 14.5. The van der Waals surface area contributed by atoms with Crippen LogP contribution in [0.4, 0.5) is 0 Å². The third-order valence-electron chi connectivity index (χ3n) is 4.53. The number of nitrogens with zero attached hydrogens (tertiary/aromatic N) is 4. The minimum atomic E-state index is -0.0252. The number of amides is 1.